The number of phenolic OH excluding ortho intramolecular Hbond substituents is 1. The summed E-state index contributed by atoms with van der Waals surface area (Å²) >= 11 is 0. The molecule has 52 heavy (non-hydrogen) atoms. The summed E-state index contributed by atoms with van der Waals surface area (Å²) in [4.78, 5) is 55.1. The molecule has 16 heteroatoms. The summed E-state index contributed by atoms with van der Waals surface area (Å²) in [6.07, 6.45) is -6.55. The van der Waals surface area contributed by atoms with Gasteiger partial charge in [0, 0.05) is 63.6 Å². The first-order chi connectivity index (χ1) is 24.2. The van der Waals surface area contributed by atoms with Crippen LogP contribution in [0.1, 0.15) is 75.4 Å². The number of aryl methyl sites for hydroxylation is 2. The minimum Gasteiger partial charge on any atom is -0.507 e. The Bertz CT molecular complexity index is 1470. The van der Waals surface area contributed by atoms with Crippen molar-refractivity contribution < 1.29 is 54.2 Å². The fourth-order valence-corrected chi connectivity index (χ4v) is 7.23. The first kappa shape index (κ1) is 41.2. The van der Waals surface area contributed by atoms with Crippen LogP contribution in [0.3, 0.4) is 0 Å². The van der Waals surface area contributed by atoms with Crippen LogP contribution in [0.5, 0.6) is 5.75 Å². The number of nitrogens with zero attached hydrogens (tertiary/aromatic N) is 2. The van der Waals surface area contributed by atoms with Crippen molar-refractivity contribution in [2.45, 2.75) is 115 Å². The summed E-state index contributed by atoms with van der Waals surface area (Å²) < 4.78 is 12.0. The lowest BCUT2D eigenvalue weighted by Gasteiger charge is -2.49. The molecular formula is C36H57N5O11. The molecule has 3 heterocycles. The number of carbonyl (C=O) groups is 4. The van der Waals surface area contributed by atoms with Gasteiger partial charge in [-0.3, -0.25) is 14.5 Å². The van der Waals surface area contributed by atoms with Gasteiger partial charge in [-0.25, -0.2) is 9.59 Å². The number of ether oxygens (including phenoxy) is 2. The van der Waals surface area contributed by atoms with Crippen LogP contribution in [-0.4, -0.2) is 152 Å². The largest absolute Gasteiger partial charge is 0.507 e. The van der Waals surface area contributed by atoms with E-state index >= 15 is 0 Å². The number of amides is 4. The van der Waals surface area contributed by atoms with Gasteiger partial charge in [-0.1, -0.05) is 13.8 Å². The fourth-order valence-electron chi connectivity index (χ4n) is 7.23. The average molecular weight is 736 g/mol. The Morgan fingerprint density at radius 3 is 2.35 bits per heavy atom. The maximum absolute atomic E-state index is 13.3. The van der Waals surface area contributed by atoms with E-state index in [1.165, 1.54) is 19.1 Å². The van der Waals surface area contributed by atoms with Crippen LogP contribution in [0, 0.1) is 19.8 Å². The summed E-state index contributed by atoms with van der Waals surface area (Å²) in [6, 6.07) is 1.48. The number of hydrogen-bond acceptors (Lipinski definition) is 11. The molecule has 1 aromatic carbocycles. The number of morpholine rings is 1. The van der Waals surface area contributed by atoms with Crippen molar-refractivity contribution in [1.29, 1.82) is 0 Å². The lowest BCUT2D eigenvalue weighted by Crippen LogP contribution is -2.68. The van der Waals surface area contributed by atoms with Gasteiger partial charge >= 0.3 is 12.0 Å². The number of phenols is 1. The number of carboxylic acid groups (broad SMARTS) is 1. The maximum Gasteiger partial charge on any atom is 0.336 e. The number of hydrogen-bond donors (Lipinski definition) is 8. The van der Waals surface area contributed by atoms with Gasteiger partial charge in [0.2, 0.25) is 5.91 Å². The Morgan fingerprint density at radius 1 is 1.10 bits per heavy atom. The molecule has 1 aromatic rings. The predicted molar refractivity (Wildman–Crippen MR) is 189 cm³/mol. The highest BCUT2D eigenvalue weighted by Gasteiger charge is 2.55. The number of nitrogens with one attached hydrogen (secondary N) is 3. The normalized spacial score (nSPS) is 28.1. The predicted octanol–water partition coefficient (Wildman–Crippen LogP) is 0.250. The van der Waals surface area contributed by atoms with Crippen LogP contribution in [0.25, 0.3) is 0 Å². The lowest BCUT2D eigenvalue weighted by atomic mass is 9.81. The van der Waals surface area contributed by atoms with Crippen LogP contribution in [-0.2, 0) is 19.1 Å². The van der Waals surface area contributed by atoms with Crippen molar-refractivity contribution in [3.05, 3.63) is 28.8 Å². The second-order valence-electron chi connectivity index (χ2n) is 15.6. The molecule has 4 amide bonds. The third-order valence-electron chi connectivity index (χ3n) is 11.2. The molecule has 1 spiro atoms. The Balaban J connectivity index is 1.50. The maximum atomic E-state index is 13.3. The van der Waals surface area contributed by atoms with Crippen LogP contribution in [0.2, 0.25) is 0 Å². The van der Waals surface area contributed by atoms with Crippen LogP contribution >= 0.6 is 0 Å². The van der Waals surface area contributed by atoms with Gasteiger partial charge in [-0.15, -0.1) is 0 Å². The van der Waals surface area contributed by atoms with E-state index in [4.69, 9.17) is 9.47 Å². The van der Waals surface area contributed by atoms with Crippen LogP contribution < -0.4 is 16.0 Å². The molecule has 0 unspecified atom stereocenters. The summed E-state index contributed by atoms with van der Waals surface area (Å²) in [5, 5.41) is 62.5. The Hall–Kier alpha value is -3.54. The zero-order valence-corrected chi connectivity index (χ0v) is 31.3. The molecule has 7 atom stereocenters. The van der Waals surface area contributed by atoms with E-state index in [0.717, 1.165) is 0 Å². The number of carboxylic acids is 1. The van der Waals surface area contributed by atoms with E-state index in [1.54, 1.807) is 18.7 Å². The highest BCUT2D eigenvalue weighted by atomic mass is 16.6. The summed E-state index contributed by atoms with van der Waals surface area (Å²) in [5.41, 5.74) is -1.87. The van der Waals surface area contributed by atoms with Gasteiger partial charge in [0.1, 0.15) is 18.0 Å². The molecule has 3 aliphatic heterocycles. The van der Waals surface area contributed by atoms with Crippen molar-refractivity contribution in [2.75, 3.05) is 45.9 Å². The van der Waals surface area contributed by atoms with E-state index in [-0.39, 0.29) is 36.2 Å². The molecule has 3 saturated heterocycles. The molecule has 4 rings (SSSR count). The van der Waals surface area contributed by atoms with Crippen LogP contribution in [0.15, 0.2) is 12.1 Å². The van der Waals surface area contributed by atoms with Gasteiger partial charge < -0.3 is 55.9 Å². The van der Waals surface area contributed by atoms with E-state index in [0.29, 0.717) is 50.4 Å². The van der Waals surface area contributed by atoms with Crippen molar-refractivity contribution in [2.24, 2.45) is 5.92 Å². The lowest BCUT2D eigenvalue weighted by molar-refractivity contribution is -0.231. The number of urea groups is 1. The number of likely N-dealkylation sites (tertiary alicyclic amines) is 1. The van der Waals surface area contributed by atoms with Crippen molar-refractivity contribution >= 4 is 23.8 Å². The first-order valence-electron chi connectivity index (χ1n) is 17.9. The quantitative estimate of drug-likeness (QED) is 0.145. The van der Waals surface area contributed by atoms with E-state index in [2.05, 4.69) is 20.9 Å². The number of rotatable bonds is 12. The zero-order chi connectivity index (χ0) is 38.8. The molecule has 292 valence electrons. The standard InChI is InChI=1S/C36H57N5O11/c1-20(2)34(6,7)39-33(50)40-10-8-35(18-40)19-51-13-12-41(35)11-9-36(32(48)49)16-25(43)27(38-23(5)42)30(52-36)29(46)26(44)17-37-31(47)24-14-21(3)28(45)22(4)15-24/h14-15,20,25-27,29-30,43-46H,8-13,16-19H2,1-7H3,(H,37,47)(H,38,42)(H,39,50)(H,48,49)/t25-,26+,27+,29+,30+,35-,36+/m0/s1. The molecular weight excluding hydrogens is 678 g/mol. The molecule has 8 N–H and O–H groups in total. The monoisotopic (exact) mass is 735 g/mol. The van der Waals surface area contributed by atoms with E-state index in [9.17, 15) is 44.7 Å². The minimum absolute atomic E-state index is 0.0496. The zero-order valence-electron chi connectivity index (χ0n) is 31.3. The third kappa shape index (κ3) is 8.97. The third-order valence-corrected chi connectivity index (χ3v) is 11.2. The van der Waals surface area contributed by atoms with Gasteiger partial charge in [0.05, 0.1) is 37.0 Å². The number of aliphatic hydroxyl groups excluding tert-OH is 3. The smallest absolute Gasteiger partial charge is 0.336 e. The molecule has 3 fully saturated rings. The highest BCUT2D eigenvalue weighted by molar-refractivity contribution is 5.95. The summed E-state index contributed by atoms with van der Waals surface area (Å²) in [6.45, 7) is 14.2. The molecule has 0 radical (unpaired) electrons. The van der Waals surface area contributed by atoms with E-state index in [1.807, 2.05) is 27.7 Å². The van der Waals surface area contributed by atoms with Crippen molar-refractivity contribution in [3.8, 4) is 5.75 Å². The van der Waals surface area contributed by atoms with Gasteiger partial charge in [-0.2, -0.15) is 0 Å². The Labute approximate surface area is 304 Å². The van der Waals surface area contributed by atoms with Crippen LogP contribution in [0.4, 0.5) is 4.79 Å². The molecule has 3 aliphatic rings. The Kier molecular flexibility index (Phi) is 12.9. The summed E-state index contributed by atoms with van der Waals surface area (Å²) in [5.74, 6) is -2.31. The minimum atomic E-state index is -2.03. The molecule has 16 nitrogen and oxygen atoms in total. The second kappa shape index (κ2) is 16.2. The first-order valence-corrected chi connectivity index (χ1v) is 17.9. The molecule has 0 aliphatic carbocycles. The highest BCUT2D eigenvalue weighted by Crippen LogP contribution is 2.38. The fraction of sp³-hybridized carbons (Fsp3) is 0.722. The van der Waals surface area contributed by atoms with Gasteiger partial charge in [-0.05, 0) is 63.3 Å². The molecule has 0 saturated carbocycles. The number of aliphatic carboxylic acids is 1. The summed E-state index contributed by atoms with van der Waals surface area (Å²) in [7, 11) is 0. The van der Waals surface area contributed by atoms with Crippen molar-refractivity contribution in [1.82, 2.24) is 25.8 Å². The average Bonchev–Trinajstić information content (AvgIpc) is 3.49. The van der Waals surface area contributed by atoms with Gasteiger partial charge in [0.15, 0.2) is 5.60 Å². The Morgan fingerprint density at radius 2 is 1.75 bits per heavy atom. The number of aromatic hydroxyl groups is 1. The number of aliphatic hydroxyl groups is 3. The van der Waals surface area contributed by atoms with E-state index < -0.39 is 77.9 Å². The number of carbonyl (C=O) groups excluding carboxylic acids is 3. The number of benzene rings is 1. The topological polar surface area (TPSA) is 230 Å². The van der Waals surface area contributed by atoms with Gasteiger partial charge in [0.25, 0.3) is 5.91 Å². The molecule has 0 bridgehead atoms. The van der Waals surface area contributed by atoms with Crippen molar-refractivity contribution in [3.63, 3.8) is 0 Å². The second-order valence-corrected chi connectivity index (χ2v) is 15.6. The molecule has 0 aromatic heterocycles. The SMILES string of the molecule is CC(=O)N[C@H]1[C@H]([C@H](O)[C@H](O)CNC(=O)c2cc(C)c(O)c(C)c2)O[C@@](CCN2CCOC[C@@]23CCN(C(=O)NC(C)(C)C(C)C)C3)(C(=O)O)C[C@@H]1O.